The highest BCUT2D eigenvalue weighted by molar-refractivity contribution is 5.84. The third-order valence-electron chi connectivity index (χ3n) is 5.54. The van der Waals surface area contributed by atoms with Crippen LogP contribution in [0, 0.1) is 11.8 Å². The van der Waals surface area contributed by atoms with Gasteiger partial charge in [-0.3, -0.25) is 4.79 Å². The predicted octanol–water partition coefficient (Wildman–Crippen LogP) is 4.24. The van der Waals surface area contributed by atoms with E-state index in [1.807, 2.05) is 55.4 Å². The molecule has 0 spiro atoms. The Hall–Kier alpha value is -1.83. The van der Waals surface area contributed by atoms with Crippen molar-refractivity contribution in [2.75, 3.05) is 26.2 Å². The number of nitrogens with zero attached hydrogens (tertiary/aromatic N) is 2. The van der Waals surface area contributed by atoms with Gasteiger partial charge in [0.05, 0.1) is 6.10 Å². The van der Waals surface area contributed by atoms with Crippen molar-refractivity contribution in [1.29, 1.82) is 0 Å². The second-order valence-corrected chi connectivity index (χ2v) is 10.7. The number of piperidine rings is 2. The molecule has 2 aliphatic rings. The van der Waals surface area contributed by atoms with Crippen LogP contribution in [0.2, 0.25) is 0 Å². The van der Waals surface area contributed by atoms with Gasteiger partial charge in [0.1, 0.15) is 17.0 Å². The lowest BCUT2D eigenvalue weighted by Gasteiger charge is -2.36. The van der Waals surface area contributed by atoms with Crippen molar-refractivity contribution in [2.24, 2.45) is 11.8 Å². The lowest BCUT2D eigenvalue weighted by Crippen LogP contribution is -2.47. The third-order valence-corrected chi connectivity index (χ3v) is 5.54. The standard InChI is InChI=1S/C12H23NO3.C12H21NO3/c2*1-5-9-8-13(7-6-10(9)14)11(15)16-12(2,3)4/h9-10,14H,5-8H2,1-4H3;9H,5-8H2,1-4H3. The van der Waals surface area contributed by atoms with Crippen molar-refractivity contribution < 1.29 is 29.0 Å². The molecule has 1 N–H and O–H groups in total. The number of ketones is 1. The Labute approximate surface area is 193 Å². The normalized spacial score (nSPS) is 24.4. The molecule has 8 nitrogen and oxygen atoms in total. The average molecular weight is 457 g/mol. The van der Waals surface area contributed by atoms with Crippen molar-refractivity contribution >= 4 is 18.0 Å². The highest BCUT2D eigenvalue weighted by atomic mass is 16.6. The molecule has 0 aromatic rings. The zero-order valence-corrected chi connectivity index (χ0v) is 21.3. The van der Waals surface area contributed by atoms with Gasteiger partial charge in [0.15, 0.2) is 0 Å². The van der Waals surface area contributed by atoms with Gasteiger partial charge in [-0.15, -0.1) is 0 Å². The van der Waals surface area contributed by atoms with Gasteiger partial charge in [-0.05, 0) is 60.8 Å². The van der Waals surface area contributed by atoms with Crippen LogP contribution in [0.5, 0.6) is 0 Å². The van der Waals surface area contributed by atoms with Crippen LogP contribution in [-0.2, 0) is 14.3 Å². The number of hydrogen-bond acceptors (Lipinski definition) is 6. The Morgan fingerprint density at radius 3 is 1.84 bits per heavy atom. The summed E-state index contributed by atoms with van der Waals surface area (Å²) in [6.07, 6.45) is 1.94. The highest BCUT2D eigenvalue weighted by Crippen LogP contribution is 2.22. The second kappa shape index (κ2) is 11.9. The number of aliphatic hydroxyl groups is 1. The van der Waals surface area contributed by atoms with Crippen LogP contribution in [0.4, 0.5) is 9.59 Å². The molecule has 2 saturated heterocycles. The minimum Gasteiger partial charge on any atom is -0.444 e. The number of carbonyl (C=O) groups excluding carboxylic acids is 3. The zero-order valence-electron chi connectivity index (χ0n) is 21.3. The minimum atomic E-state index is -0.472. The maximum atomic E-state index is 11.8. The van der Waals surface area contributed by atoms with Gasteiger partial charge >= 0.3 is 12.2 Å². The summed E-state index contributed by atoms with van der Waals surface area (Å²) in [4.78, 5) is 38.4. The quantitative estimate of drug-likeness (QED) is 0.668. The Kier molecular flexibility index (Phi) is 10.5. The molecular weight excluding hydrogens is 412 g/mol. The number of amides is 2. The molecule has 186 valence electrons. The molecule has 2 heterocycles. The molecule has 0 radical (unpaired) electrons. The van der Waals surface area contributed by atoms with Gasteiger partial charge in [-0.25, -0.2) is 9.59 Å². The first kappa shape index (κ1) is 28.2. The van der Waals surface area contributed by atoms with Gasteiger partial charge in [-0.1, -0.05) is 13.8 Å². The summed E-state index contributed by atoms with van der Waals surface area (Å²) in [5.74, 6) is 0.435. The third kappa shape index (κ3) is 9.76. The van der Waals surface area contributed by atoms with Crippen LogP contribution in [0.15, 0.2) is 0 Å². The number of ether oxygens (including phenoxy) is 2. The predicted molar refractivity (Wildman–Crippen MR) is 123 cm³/mol. The first-order valence-corrected chi connectivity index (χ1v) is 11.8. The van der Waals surface area contributed by atoms with Gasteiger partial charge in [0.2, 0.25) is 0 Å². The Morgan fingerprint density at radius 1 is 0.906 bits per heavy atom. The number of carbonyl (C=O) groups is 3. The van der Waals surface area contributed by atoms with Crippen LogP contribution in [0.3, 0.4) is 0 Å². The van der Waals surface area contributed by atoms with E-state index < -0.39 is 11.2 Å². The van der Waals surface area contributed by atoms with E-state index in [0.717, 1.165) is 12.8 Å². The molecule has 2 rings (SSSR count). The summed E-state index contributed by atoms with van der Waals surface area (Å²) in [5.41, 5.74) is -0.922. The first-order valence-electron chi connectivity index (χ1n) is 11.8. The molecule has 3 unspecified atom stereocenters. The van der Waals surface area contributed by atoms with Crippen molar-refractivity contribution in [3.63, 3.8) is 0 Å². The highest BCUT2D eigenvalue weighted by Gasteiger charge is 2.32. The summed E-state index contributed by atoms with van der Waals surface area (Å²) < 4.78 is 10.6. The topological polar surface area (TPSA) is 96.4 Å². The van der Waals surface area contributed by atoms with Crippen molar-refractivity contribution in [1.82, 2.24) is 9.80 Å². The summed E-state index contributed by atoms with van der Waals surface area (Å²) >= 11 is 0. The number of likely N-dealkylation sites (tertiary alicyclic amines) is 2. The summed E-state index contributed by atoms with van der Waals surface area (Å²) in [6.45, 7) is 17.3. The second-order valence-electron chi connectivity index (χ2n) is 10.7. The molecule has 0 aliphatic carbocycles. The fourth-order valence-electron chi connectivity index (χ4n) is 3.67. The van der Waals surface area contributed by atoms with E-state index in [9.17, 15) is 19.5 Å². The molecule has 0 bridgehead atoms. The van der Waals surface area contributed by atoms with E-state index >= 15 is 0 Å². The van der Waals surface area contributed by atoms with E-state index in [4.69, 9.17) is 9.47 Å². The first-order chi connectivity index (χ1) is 14.7. The molecule has 8 heteroatoms. The lowest BCUT2D eigenvalue weighted by molar-refractivity contribution is -0.126. The molecular formula is C24H44N2O6. The molecule has 3 atom stereocenters. The fraction of sp³-hybridized carbons (Fsp3) is 0.875. The summed E-state index contributed by atoms with van der Waals surface area (Å²) in [7, 11) is 0. The Bertz CT molecular complexity index is 637. The number of hydrogen-bond donors (Lipinski definition) is 1. The molecule has 0 aromatic heterocycles. The monoisotopic (exact) mass is 456 g/mol. The van der Waals surface area contributed by atoms with E-state index in [1.54, 1.807) is 9.80 Å². The smallest absolute Gasteiger partial charge is 0.410 e. The molecule has 2 aliphatic heterocycles. The maximum absolute atomic E-state index is 11.8. The number of Topliss-reactive ketones (excluding diaryl/α,β-unsaturated/α-hetero) is 1. The van der Waals surface area contributed by atoms with Crippen molar-refractivity contribution in [2.45, 2.75) is 98.4 Å². The van der Waals surface area contributed by atoms with Crippen LogP contribution < -0.4 is 0 Å². The van der Waals surface area contributed by atoms with Gasteiger partial charge in [0.25, 0.3) is 0 Å². The molecule has 0 aromatic carbocycles. The largest absolute Gasteiger partial charge is 0.444 e. The molecule has 32 heavy (non-hydrogen) atoms. The molecule has 2 amide bonds. The Morgan fingerprint density at radius 2 is 1.41 bits per heavy atom. The maximum Gasteiger partial charge on any atom is 0.410 e. The van der Waals surface area contributed by atoms with Gasteiger partial charge in [-0.2, -0.15) is 0 Å². The van der Waals surface area contributed by atoms with Crippen LogP contribution in [0.25, 0.3) is 0 Å². The van der Waals surface area contributed by atoms with E-state index in [-0.39, 0.29) is 35.9 Å². The van der Waals surface area contributed by atoms with Crippen molar-refractivity contribution in [3.05, 3.63) is 0 Å². The average Bonchev–Trinajstić information content (AvgIpc) is 2.66. The van der Waals surface area contributed by atoms with Gasteiger partial charge in [0, 0.05) is 44.4 Å². The van der Waals surface area contributed by atoms with Crippen LogP contribution >= 0.6 is 0 Å². The molecule has 0 saturated carbocycles. The van der Waals surface area contributed by atoms with E-state index in [0.29, 0.717) is 39.0 Å². The lowest BCUT2D eigenvalue weighted by atomic mass is 9.93. The number of rotatable bonds is 2. The van der Waals surface area contributed by atoms with E-state index in [2.05, 4.69) is 0 Å². The zero-order chi connectivity index (χ0) is 24.7. The minimum absolute atomic E-state index is 0.0127. The molecule has 2 fully saturated rings. The fourth-order valence-corrected chi connectivity index (χ4v) is 3.67. The Balaban J connectivity index is 0.000000320. The van der Waals surface area contributed by atoms with Crippen LogP contribution in [-0.4, -0.2) is 76.4 Å². The number of aliphatic hydroxyl groups excluding tert-OH is 1. The summed E-state index contributed by atoms with van der Waals surface area (Å²) in [5, 5.41) is 9.72. The van der Waals surface area contributed by atoms with Crippen LogP contribution in [0.1, 0.15) is 81.1 Å². The summed E-state index contributed by atoms with van der Waals surface area (Å²) in [6, 6.07) is 0. The van der Waals surface area contributed by atoms with Crippen molar-refractivity contribution in [3.8, 4) is 0 Å². The van der Waals surface area contributed by atoms with E-state index in [1.165, 1.54) is 0 Å². The van der Waals surface area contributed by atoms with Gasteiger partial charge < -0.3 is 24.4 Å². The SMILES string of the molecule is CCC1CN(C(=O)OC(C)(C)C)CCC1=O.CCC1CN(C(=O)OC(C)(C)C)CCC1O.